The minimum atomic E-state index is -3.79. The first kappa shape index (κ1) is 22.7. The first-order valence-corrected chi connectivity index (χ1v) is 11.5. The van der Waals surface area contributed by atoms with Crippen LogP contribution >= 0.6 is 0 Å². The second-order valence-electron chi connectivity index (χ2n) is 7.07. The van der Waals surface area contributed by atoms with Gasteiger partial charge >= 0.3 is 0 Å². The van der Waals surface area contributed by atoms with E-state index in [0.29, 0.717) is 24.3 Å². The van der Waals surface area contributed by atoms with Crippen LogP contribution in [0.1, 0.15) is 23.2 Å². The maximum Gasteiger partial charge on any atom is 0.255 e. The minimum Gasteiger partial charge on any atom is -0.497 e. The van der Waals surface area contributed by atoms with Gasteiger partial charge in [-0.05, 0) is 30.7 Å². The van der Waals surface area contributed by atoms with Crippen LogP contribution < -0.4 is 10.1 Å². The van der Waals surface area contributed by atoms with Crippen LogP contribution in [0.3, 0.4) is 0 Å². The van der Waals surface area contributed by atoms with Crippen molar-refractivity contribution in [2.75, 3.05) is 39.8 Å². The van der Waals surface area contributed by atoms with Crippen molar-refractivity contribution < 1.29 is 22.7 Å². The molecule has 10 heteroatoms. The molecular weight excluding hydrogens is 420 g/mol. The Morgan fingerprint density at radius 2 is 1.97 bits per heavy atom. The number of nitrogens with one attached hydrogen (secondary N) is 1. The summed E-state index contributed by atoms with van der Waals surface area (Å²) in [7, 11) is -2.32. The first-order valence-electron chi connectivity index (χ1n) is 10.0. The normalized spacial score (nSPS) is 16.8. The number of hydrogen-bond acceptors (Lipinski definition) is 6. The summed E-state index contributed by atoms with van der Waals surface area (Å²) in [6.45, 7) is 1.12. The fourth-order valence-electron chi connectivity index (χ4n) is 3.33. The highest BCUT2D eigenvalue weighted by molar-refractivity contribution is 7.89. The van der Waals surface area contributed by atoms with Gasteiger partial charge in [-0.2, -0.15) is 4.31 Å². The zero-order chi connectivity index (χ0) is 22.3. The topological polar surface area (TPSA) is 109 Å². The van der Waals surface area contributed by atoms with Crippen LogP contribution in [-0.2, 0) is 14.8 Å². The van der Waals surface area contributed by atoms with Crippen molar-refractivity contribution in [2.24, 2.45) is 0 Å². The summed E-state index contributed by atoms with van der Waals surface area (Å²) >= 11 is 0. The number of sulfonamides is 1. The number of hydrogen-bond donors (Lipinski definition) is 1. The Bertz CT molecular complexity index is 1010. The molecule has 1 aromatic heterocycles. The molecule has 0 spiro atoms. The van der Waals surface area contributed by atoms with Crippen LogP contribution in [0.15, 0.2) is 53.7 Å². The fourth-order valence-corrected chi connectivity index (χ4v) is 4.85. The monoisotopic (exact) mass is 446 g/mol. The van der Waals surface area contributed by atoms with Gasteiger partial charge in [0.25, 0.3) is 5.91 Å². The van der Waals surface area contributed by atoms with Crippen LogP contribution in [0.4, 0.5) is 0 Å². The maximum atomic E-state index is 13.2. The second-order valence-corrected chi connectivity index (χ2v) is 9.01. The summed E-state index contributed by atoms with van der Waals surface area (Å²) in [5.41, 5.74) is 0.429. The van der Waals surface area contributed by atoms with Crippen LogP contribution in [0, 0.1) is 0 Å². The Balaban J connectivity index is 1.79. The summed E-state index contributed by atoms with van der Waals surface area (Å²) in [5.74, 6) is -0.0209. The van der Waals surface area contributed by atoms with Crippen molar-refractivity contribution in [2.45, 2.75) is 17.7 Å². The molecule has 2 heterocycles. The van der Waals surface area contributed by atoms with Crippen LogP contribution in [0.25, 0.3) is 0 Å². The van der Waals surface area contributed by atoms with E-state index in [1.54, 1.807) is 35.4 Å². The summed E-state index contributed by atoms with van der Waals surface area (Å²) in [6, 6.07) is 9.62. The van der Waals surface area contributed by atoms with Crippen molar-refractivity contribution in [3.8, 4) is 5.75 Å². The Morgan fingerprint density at radius 3 is 2.71 bits per heavy atom. The number of carbonyl (C=O) groups excluding carboxylic acids is 2. The number of rotatable bonds is 4. The molecule has 1 aromatic carbocycles. The molecule has 2 amide bonds. The highest BCUT2D eigenvalue weighted by Crippen LogP contribution is 2.21. The summed E-state index contributed by atoms with van der Waals surface area (Å²) in [5, 5.41) is 2.74. The SMILES string of the molecule is COc1cccc(S(=O)(=O)N2CCCN(C(=O)c3cccnc3)CCC(=O)NCC2)c1. The van der Waals surface area contributed by atoms with E-state index in [1.807, 2.05) is 0 Å². The molecule has 0 aliphatic carbocycles. The molecule has 2 aromatic rings. The van der Waals surface area contributed by atoms with Crippen molar-refractivity contribution in [3.05, 3.63) is 54.4 Å². The predicted molar refractivity (Wildman–Crippen MR) is 114 cm³/mol. The Labute approximate surface area is 182 Å². The third-order valence-electron chi connectivity index (χ3n) is 5.00. The molecule has 0 unspecified atom stereocenters. The zero-order valence-corrected chi connectivity index (χ0v) is 18.2. The van der Waals surface area contributed by atoms with E-state index in [1.165, 1.54) is 29.7 Å². The number of amides is 2. The fraction of sp³-hybridized carbons (Fsp3) is 0.381. The van der Waals surface area contributed by atoms with Gasteiger partial charge in [0.1, 0.15) is 5.75 Å². The zero-order valence-electron chi connectivity index (χ0n) is 17.4. The van der Waals surface area contributed by atoms with Crippen molar-refractivity contribution in [1.29, 1.82) is 0 Å². The Kier molecular flexibility index (Phi) is 7.59. The van der Waals surface area contributed by atoms with Gasteiger partial charge in [0.2, 0.25) is 15.9 Å². The number of benzene rings is 1. The van der Waals surface area contributed by atoms with E-state index in [0.717, 1.165) is 0 Å². The maximum absolute atomic E-state index is 13.2. The molecule has 0 radical (unpaired) electrons. The lowest BCUT2D eigenvalue weighted by Gasteiger charge is -2.25. The van der Waals surface area contributed by atoms with Gasteiger partial charge in [0, 0.05) is 57.6 Å². The van der Waals surface area contributed by atoms with Gasteiger partial charge in [0.05, 0.1) is 17.6 Å². The van der Waals surface area contributed by atoms with Crippen molar-refractivity contribution >= 4 is 21.8 Å². The lowest BCUT2D eigenvalue weighted by Crippen LogP contribution is -2.39. The number of pyridine rings is 1. The Morgan fingerprint density at radius 1 is 1.13 bits per heavy atom. The second kappa shape index (κ2) is 10.4. The molecule has 0 bridgehead atoms. The van der Waals surface area contributed by atoms with Crippen molar-refractivity contribution in [1.82, 2.24) is 19.5 Å². The van der Waals surface area contributed by atoms with E-state index in [2.05, 4.69) is 10.3 Å². The van der Waals surface area contributed by atoms with Gasteiger partial charge < -0.3 is 15.0 Å². The van der Waals surface area contributed by atoms with Gasteiger partial charge in [-0.25, -0.2) is 8.42 Å². The average Bonchev–Trinajstić information content (AvgIpc) is 2.84. The van der Waals surface area contributed by atoms with E-state index >= 15 is 0 Å². The standard InChI is InChI=1S/C21H26N4O5S/c1-30-18-6-2-7-19(15-18)31(28,29)25-12-4-11-24(13-8-20(26)23-10-14-25)21(27)17-5-3-9-22-16-17/h2-3,5-7,9,15-16H,4,8,10-14H2,1H3,(H,23,26). The predicted octanol–water partition coefficient (Wildman–Crippen LogP) is 1.13. The lowest BCUT2D eigenvalue weighted by molar-refractivity contribution is -0.121. The lowest BCUT2D eigenvalue weighted by atomic mass is 10.2. The minimum absolute atomic E-state index is 0.122. The summed E-state index contributed by atoms with van der Waals surface area (Å²) < 4.78 is 32.9. The molecule has 1 fully saturated rings. The quantitative estimate of drug-likeness (QED) is 0.754. The van der Waals surface area contributed by atoms with Crippen LogP contribution in [-0.4, -0.2) is 74.3 Å². The van der Waals surface area contributed by atoms with E-state index in [9.17, 15) is 18.0 Å². The van der Waals surface area contributed by atoms with Gasteiger partial charge in [-0.15, -0.1) is 0 Å². The molecule has 0 atom stereocenters. The van der Waals surface area contributed by atoms with Crippen LogP contribution in [0.5, 0.6) is 5.75 Å². The molecule has 31 heavy (non-hydrogen) atoms. The number of ether oxygens (including phenoxy) is 1. The molecular formula is C21H26N4O5S. The molecule has 9 nitrogen and oxygen atoms in total. The van der Waals surface area contributed by atoms with Crippen LogP contribution in [0.2, 0.25) is 0 Å². The molecule has 3 rings (SSSR count). The third kappa shape index (κ3) is 5.80. The number of aromatic nitrogens is 1. The Hall–Kier alpha value is -2.98. The summed E-state index contributed by atoms with van der Waals surface area (Å²) in [6.07, 6.45) is 3.64. The largest absolute Gasteiger partial charge is 0.497 e. The van der Waals surface area contributed by atoms with Gasteiger partial charge in [0.15, 0.2) is 0 Å². The summed E-state index contributed by atoms with van der Waals surface area (Å²) in [4.78, 5) is 30.7. The highest BCUT2D eigenvalue weighted by Gasteiger charge is 2.26. The molecule has 0 saturated carbocycles. The smallest absolute Gasteiger partial charge is 0.255 e. The van der Waals surface area contributed by atoms with Gasteiger partial charge in [-0.1, -0.05) is 6.07 Å². The average molecular weight is 447 g/mol. The number of nitrogens with zero attached hydrogens (tertiary/aromatic N) is 3. The molecule has 1 N–H and O–H groups in total. The molecule has 1 saturated heterocycles. The first-order chi connectivity index (χ1) is 14.9. The molecule has 166 valence electrons. The van der Waals surface area contributed by atoms with E-state index < -0.39 is 10.0 Å². The van der Waals surface area contributed by atoms with E-state index in [4.69, 9.17) is 4.74 Å². The van der Waals surface area contributed by atoms with Crippen molar-refractivity contribution in [3.63, 3.8) is 0 Å². The van der Waals surface area contributed by atoms with E-state index in [-0.39, 0.29) is 49.3 Å². The van der Waals surface area contributed by atoms with Gasteiger partial charge in [-0.3, -0.25) is 14.6 Å². The number of methoxy groups -OCH3 is 1. The number of carbonyl (C=O) groups is 2. The highest BCUT2D eigenvalue weighted by atomic mass is 32.2. The molecule has 1 aliphatic heterocycles. The third-order valence-corrected chi connectivity index (χ3v) is 6.90. The molecule has 1 aliphatic rings.